The average Bonchev–Trinajstić information content (AvgIpc) is 3.59. The minimum Gasteiger partial charge on any atom is -0.434 e. The van der Waals surface area contributed by atoms with Gasteiger partial charge < -0.3 is 25.4 Å². The quantitative estimate of drug-likeness (QED) is 0.0477. The highest BCUT2D eigenvalue weighted by molar-refractivity contribution is 8.01. The molecule has 0 radical (unpaired) electrons. The SMILES string of the molecule is CO/N=C(\C(=O)NC1C(=O)N2C(C(=O)OCOCC[Si](C)(C)C)=C(CSc3cnns3)CS[C@H]12)c1csc(N)n1. The largest absolute Gasteiger partial charge is 0.434 e. The Hall–Kier alpha value is -2.51. The number of amides is 2. The van der Waals surface area contributed by atoms with Crippen LogP contribution >= 0.6 is 46.4 Å². The van der Waals surface area contributed by atoms with Crippen molar-refractivity contribution in [2.75, 3.05) is 37.7 Å². The molecule has 1 fully saturated rings. The number of hydrogen-bond acceptors (Lipinski definition) is 15. The fourth-order valence-corrected chi connectivity index (χ4v) is 7.88. The monoisotopic (exact) mass is 643 g/mol. The maximum absolute atomic E-state index is 13.3. The van der Waals surface area contributed by atoms with Gasteiger partial charge in [0.05, 0.1) is 6.20 Å². The van der Waals surface area contributed by atoms with Gasteiger partial charge in [-0.05, 0) is 23.1 Å². The number of esters is 1. The molecule has 0 spiro atoms. The summed E-state index contributed by atoms with van der Waals surface area (Å²) in [5.74, 6) is -0.819. The van der Waals surface area contributed by atoms with Crippen LogP contribution in [-0.2, 0) is 28.7 Å². The molecule has 0 aliphatic carbocycles. The number of hydrogen-bond donors (Lipinski definition) is 2. The maximum Gasteiger partial charge on any atom is 0.357 e. The van der Waals surface area contributed by atoms with Crippen LogP contribution in [0.25, 0.3) is 0 Å². The lowest BCUT2D eigenvalue weighted by Gasteiger charge is -2.49. The Balaban J connectivity index is 1.47. The van der Waals surface area contributed by atoms with Crippen LogP contribution in [-0.4, -0.2) is 94.5 Å². The summed E-state index contributed by atoms with van der Waals surface area (Å²) < 4.78 is 15.7. The molecule has 40 heavy (non-hydrogen) atoms. The van der Waals surface area contributed by atoms with Crippen molar-refractivity contribution in [1.29, 1.82) is 0 Å². The summed E-state index contributed by atoms with van der Waals surface area (Å²) in [6.07, 6.45) is 1.65. The molecule has 216 valence electrons. The highest BCUT2D eigenvalue weighted by Gasteiger charge is 2.54. The third-order valence-corrected chi connectivity index (χ3v) is 11.3. The standard InChI is InChI=1S/C22H29N7O6S4Si/c1-33-27-15(13-10-38-22(23)25-13)18(30)26-16-19(31)29-17(21(32)35-11-34-5-6-40(2,3)4)12(9-37-20(16)29)8-36-14-7-24-28-39-14/h7,10,16,20H,5-6,8-9,11H2,1-4H3,(H2,23,25)(H,26,30)/b27-15-/t16?,20-/m1/s1. The van der Waals surface area contributed by atoms with E-state index in [9.17, 15) is 14.4 Å². The van der Waals surface area contributed by atoms with E-state index in [0.29, 0.717) is 18.1 Å². The van der Waals surface area contributed by atoms with Gasteiger partial charge in [-0.15, -0.1) is 40.0 Å². The van der Waals surface area contributed by atoms with Gasteiger partial charge >= 0.3 is 5.97 Å². The van der Waals surface area contributed by atoms with Crippen LogP contribution < -0.4 is 11.1 Å². The van der Waals surface area contributed by atoms with Gasteiger partial charge in [0.1, 0.15) is 34.1 Å². The number of thioether (sulfide) groups is 2. The van der Waals surface area contributed by atoms with Crippen molar-refractivity contribution >= 4 is 83.1 Å². The Morgan fingerprint density at radius 1 is 1.35 bits per heavy atom. The second-order valence-electron chi connectivity index (χ2n) is 9.80. The molecule has 4 heterocycles. The Morgan fingerprint density at radius 2 is 2.15 bits per heavy atom. The van der Waals surface area contributed by atoms with Gasteiger partial charge in [0.15, 0.2) is 17.6 Å². The number of fused-ring (bicyclic) bond motifs is 1. The van der Waals surface area contributed by atoms with Crippen molar-refractivity contribution < 1.29 is 28.7 Å². The lowest BCUT2D eigenvalue weighted by molar-refractivity contribution is -0.159. The van der Waals surface area contributed by atoms with Crippen molar-refractivity contribution in [2.24, 2.45) is 5.16 Å². The molecule has 2 aromatic heterocycles. The van der Waals surface area contributed by atoms with Crippen molar-refractivity contribution in [2.45, 2.75) is 41.3 Å². The summed E-state index contributed by atoms with van der Waals surface area (Å²) in [4.78, 5) is 49.9. The van der Waals surface area contributed by atoms with E-state index < -0.39 is 37.3 Å². The molecule has 18 heteroatoms. The minimum absolute atomic E-state index is 0.108. The Morgan fingerprint density at radius 3 is 2.80 bits per heavy atom. The molecule has 0 bridgehead atoms. The van der Waals surface area contributed by atoms with Crippen LogP contribution in [0.1, 0.15) is 5.69 Å². The van der Waals surface area contributed by atoms with Crippen molar-refractivity contribution in [3.05, 3.63) is 28.5 Å². The zero-order valence-electron chi connectivity index (χ0n) is 22.2. The molecule has 4 rings (SSSR count). The number of carbonyl (C=O) groups excluding carboxylic acids is 3. The molecule has 1 unspecified atom stereocenters. The number of nitrogens with one attached hydrogen (secondary N) is 1. The predicted molar refractivity (Wildman–Crippen MR) is 158 cm³/mol. The second-order valence-corrected chi connectivity index (χ2v) is 19.5. The van der Waals surface area contributed by atoms with Gasteiger partial charge in [0, 0.05) is 31.6 Å². The van der Waals surface area contributed by atoms with Gasteiger partial charge in [0.2, 0.25) is 0 Å². The molecule has 2 aliphatic heterocycles. The van der Waals surface area contributed by atoms with E-state index in [4.69, 9.17) is 20.0 Å². The van der Waals surface area contributed by atoms with Gasteiger partial charge in [0.25, 0.3) is 11.8 Å². The molecule has 2 atom stereocenters. The highest BCUT2D eigenvalue weighted by Crippen LogP contribution is 2.42. The molecule has 0 saturated carbocycles. The van der Waals surface area contributed by atoms with Crippen LogP contribution in [0.5, 0.6) is 0 Å². The molecule has 13 nitrogen and oxygen atoms in total. The van der Waals surface area contributed by atoms with E-state index in [1.165, 1.54) is 47.1 Å². The average molecular weight is 644 g/mol. The number of aromatic nitrogens is 3. The van der Waals surface area contributed by atoms with Crippen molar-refractivity contribution in [3.63, 3.8) is 0 Å². The molecule has 2 aromatic rings. The van der Waals surface area contributed by atoms with Crippen LogP contribution in [0.15, 0.2) is 32.2 Å². The third kappa shape index (κ3) is 7.41. The number of nitrogens with zero attached hydrogens (tertiary/aromatic N) is 5. The third-order valence-electron chi connectivity index (χ3n) is 5.69. The van der Waals surface area contributed by atoms with Crippen LogP contribution in [0.3, 0.4) is 0 Å². The number of ether oxygens (including phenoxy) is 2. The molecule has 1 saturated heterocycles. The van der Waals surface area contributed by atoms with Crippen molar-refractivity contribution in [3.8, 4) is 0 Å². The number of nitrogens with two attached hydrogens (primary N) is 1. The number of oxime groups is 1. The number of anilines is 1. The van der Waals surface area contributed by atoms with Crippen LogP contribution in [0, 0.1) is 0 Å². The topological polar surface area (TPSA) is 171 Å². The van der Waals surface area contributed by atoms with E-state index in [0.717, 1.165) is 27.2 Å². The lowest BCUT2D eigenvalue weighted by Crippen LogP contribution is -2.71. The lowest BCUT2D eigenvalue weighted by atomic mass is 10.0. The van der Waals surface area contributed by atoms with Gasteiger partial charge in [-0.1, -0.05) is 29.3 Å². The van der Waals surface area contributed by atoms with Gasteiger partial charge in [-0.2, -0.15) is 0 Å². The first kappa shape index (κ1) is 30.4. The first-order valence-electron chi connectivity index (χ1n) is 12.0. The number of nitrogen functional groups attached to an aromatic ring is 1. The van der Waals surface area contributed by atoms with Gasteiger partial charge in [-0.25, -0.2) is 9.78 Å². The molecular weight excluding hydrogens is 615 g/mol. The van der Waals surface area contributed by atoms with E-state index in [-0.39, 0.29) is 29.0 Å². The first-order chi connectivity index (χ1) is 19.1. The molecule has 3 N–H and O–H groups in total. The minimum atomic E-state index is -1.29. The molecular formula is C22H29N7O6S4Si. The second kappa shape index (κ2) is 13.4. The summed E-state index contributed by atoms with van der Waals surface area (Å²) >= 11 is 5.31. The zero-order chi connectivity index (χ0) is 28.9. The summed E-state index contributed by atoms with van der Waals surface area (Å²) in [7, 11) is 0.00808. The zero-order valence-corrected chi connectivity index (χ0v) is 26.5. The summed E-state index contributed by atoms with van der Waals surface area (Å²) in [6, 6.07) is 0.0520. The number of rotatable bonds is 13. The Labute approximate surface area is 248 Å². The first-order valence-corrected chi connectivity index (χ1v) is 19.4. The number of β-lactam (4-membered cyclic amide) rings is 1. The van der Waals surface area contributed by atoms with E-state index in [1.807, 2.05) is 0 Å². The van der Waals surface area contributed by atoms with E-state index in [2.05, 4.69) is 44.7 Å². The fraction of sp³-hybridized carbons (Fsp3) is 0.500. The van der Waals surface area contributed by atoms with E-state index >= 15 is 0 Å². The highest BCUT2D eigenvalue weighted by atomic mass is 32.2. The summed E-state index contributed by atoms with van der Waals surface area (Å²) in [5, 5.41) is 11.6. The molecule has 2 aliphatic rings. The molecule has 2 amide bonds. The van der Waals surface area contributed by atoms with E-state index in [1.54, 1.807) is 11.6 Å². The van der Waals surface area contributed by atoms with Crippen molar-refractivity contribution in [1.82, 2.24) is 24.8 Å². The van der Waals surface area contributed by atoms with Gasteiger partial charge in [-0.3, -0.25) is 14.5 Å². The smallest absolute Gasteiger partial charge is 0.357 e. The maximum atomic E-state index is 13.3. The fourth-order valence-electron chi connectivity index (χ4n) is 3.67. The van der Waals surface area contributed by atoms with Crippen LogP contribution in [0.2, 0.25) is 25.7 Å². The summed E-state index contributed by atoms with van der Waals surface area (Å²) in [6.45, 7) is 6.98. The Bertz CT molecular complexity index is 1300. The normalized spacial score (nSPS) is 19.2. The summed E-state index contributed by atoms with van der Waals surface area (Å²) in [5.41, 5.74) is 6.74. The number of carbonyl (C=O) groups is 3. The number of thiazole rings is 1. The molecule has 0 aromatic carbocycles. The Kier molecular flexibility index (Phi) is 10.2. The van der Waals surface area contributed by atoms with Crippen LogP contribution in [0.4, 0.5) is 5.13 Å². The predicted octanol–water partition coefficient (Wildman–Crippen LogP) is 2.23.